The molecule has 1 aliphatic heterocycles. The molecule has 0 bridgehead atoms. The van der Waals surface area contributed by atoms with Crippen LogP contribution in [-0.4, -0.2) is 22.1 Å². The van der Waals surface area contributed by atoms with Crippen LogP contribution in [-0.2, 0) is 13.5 Å². The number of benzene rings is 1. The highest BCUT2D eigenvalue weighted by atomic mass is 79.9. The van der Waals surface area contributed by atoms with Crippen molar-refractivity contribution in [2.75, 3.05) is 7.05 Å². The van der Waals surface area contributed by atoms with E-state index in [1.165, 1.54) is 16.2 Å². The van der Waals surface area contributed by atoms with Crippen molar-refractivity contribution in [3.8, 4) is 0 Å². The highest BCUT2D eigenvalue weighted by molar-refractivity contribution is 9.10. The number of nitrogens with one attached hydrogen (secondary N) is 1. The highest BCUT2D eigenvalue weighted by Gasteiger charge is 2.32. The number of hydrogen-bond donors (Lipinski definition) is 1. The van der Waals surface area contributed by atoms with Crippen molar-refractivity contribution in [1.29, 1.82) is 0 Å². The van der Waals surface area contributed by atoms with E-state index in [0.29, 0.717) is 11.3 Å². The molecule has 0 aliphatic carbocycles. The first-order valence-electron chi connectivity index (χ1n) is 6.30. The maximum absolute atomic E-state index is 4.33. The maximum Gasteiger partial charge on any atom is 0.0703 e. The molecule has 2 atom stereocenters. The first-order chi connectivity index (χ1) is 9.20. The van der Waals surface area contributed by atoms with Crippen LogP contribution >= 0.6 is 27.7 Å². The van der Waals surface area contributed by atoms with Gasteiger partial charge in [0.05, 0.1) is 22.4 Å². The largest absolute Gasteiger partial charge is 0.311 e. The summed E-state index contributed by atoms with van der Waals surface area (Å²) in [6.07, 6.45) is 2.97. The van der Waals surface area contributed by atoms with Crippen LogP contribution in [0.25, 0.3) is 0 Å². The first-order valence-corrected chi connectivity index (χ1v) is 7.97. The number of rotatable bonds is 3. The van der Waals surface area contributed by atoms with Crippen molar-refractivity contribution in [2.45, 2.75) is 22.6 Å². The molecule has 1 N–H and O–H groups in total. The Morgan fingerprint density at radius 1 is 1.47 bits per heavy atom. The summed E-state index contributed by atoms with van der Waals surface area (Å²) in [5, 5.41) is 8.29. The number of aromatic nitrogens is 2. The van der Waals surface area contributed by atoms with Gasteiger partial charge in [0.25, 0.3) is 0 Å². The van der Waals surface area contributed by atoms with Gasteiger partial charge in [-0.05, 0) is 41.0 Å². The van der Waals surface area contributed by atoms with Gasteiger partial charge in [-0.1, -0.05) is 18.2 Å². The Kier molecular flexibility index (Phi) is 3.69. The van der Waals surface area contributed by atoms with Crippen molar-refractivity contribution < 1.29 is 0 Å². The van der Waals surface area contributed by atoms with E-state index in [0.717, 1.165) is 10.9 Å². The molecule has 1 aromatic heterocycles. The van der Waals surface area contributed by atoms with Gasteiger partial charge in [0.15, 0.2) is 0 Å². The molecule has 2 unspecified atom stereocenters. The van der Waals surface area contributed by atoms with Gasteiger partial charge in [-0.3, -0.25) is 4.68 Å². The number of thioether (sulfide) groups is 1. The molecule has 100 valence electrons. The molecule has 5 heteroatoms. The third-order valence-corrected chi connectivity index (χ3v) is 5.59. The quantitative estimate of drug-likeness (QED) is 0.932. The normalized spacial score (nSPS) is 19.4. The lowest BCUT2D eigenvalue weighted by molar-refractivity contribution is 0.519. The third kappa shape index (κ3) is 2.35. The standard InChI is InChI=1S/C14H16BrN3S/c1-16-13(14-10(15)8-17-18(14)2)12-7-9-5-3-4-6-11(9)19-12/h3-6,8,12-13,16H,7H2,1-2H3. The SMILES string of the molecule is CNC(c1c(Br)cnn1C)C1Cc2ccccc2S1. The lowest BCUT2D eigenvalue weighted by Crippen LogP contribution is -2.29. The van der Waals surface area contributed by atoms with Crippen LogP contribution in [0.15, 0.2) is 39.8 Å². The molecule has 0 fully saturated rings. The predicted octanol–water partition coefficient (Wildman–Crippen LogP) is 3.16. The van der Waals surface area contributed by atoms with Crippen LogP contribution in [0.5, 0.6) is 0 Å². The molecule has 0 radical (unpaired) electrons. The van der Waals surface area contributed by atoms with Gasteiger partial charge in [-0.2, -0.15) is 5.10 Å². The summed E-state index contributed by atoms with van der Waals surface area (Å²) in [5.41, 5.74) is 2.67. The minimum Gasteiger partial charge on any atom is -0.311 e. The molecule has 3 nitrogen and oxygen atoms in total. The Bertz CT molecular complexity index is 552. The average Bonchev–Trinajstić information content (AvgIpc) is 2.97. The molecule has 0 spiro atoms. The van der Waals surface area contributed by atoms with Crippen molar-refractivity contribution >= 4 is 27.7 Å². The molecule has 3 rings (SSSR count). The van der Waals surface area contributed by atoms with E-state index in [9.17, 15) is 0 Å². The smallest absolute Gasteiger partial charge is 0.0703 e. The fraction of sp³-hybridized carbons (Fsp3) is 0.357. The predicted molar refractivity (Wildman–Crippen MR) is 82.5 cm³/mol. The van der Waals surface area contributed by atoms with E-state index < -0.39 is 0 Å². The van der Waals surface area contributed by atoms with E-state index in [1.807, 2.05) is 36.7 Å². The van der Waals surface area contributed by atoms with Crippen LogP contribution in [0.3, 0.4) is 0 Å². The van der Waals surface area contributed by atoms with Gasteiger partial charge in [0.1, 0.15) is 0 Å². The fourth-order valence-corrected chi connectivity index (χ4v) is 4.71. The number of hydrogen-bond acceptors (Lipinski definition) is 3. The van der Waals surface area contributed by atoms with E-state index in [4.69, 9.17) is 0 Å². The zero-order chi connectivity index (χ0) is 13.4. The monoisotopic (exact) mass is 337 g/mol. The molecule has 0 amide bonds. The molecule has 1 aliphatic rings. The maximum atomic E-state index is 4.33. The number of fused-ring (bicyclic) bond motifs is 1. The lowest BCUT2D eigenvalue weighted by Gasteiger charge is -2.23. The topological polar surface area (TPSA) is 29.9 Å². The second-order valence-corrected chi connectivity index (χ2v) is 6.87. The van der Waals surface area contributed by atoms with Crippen LogP contribution in [0.1, 0.15) is 17.3 Å². The minimum absolute atomic E-state index is 0.291. The van der Waals surface area contributed by atoms with Gasteiger partial charge >= 0.3 is 0 Å². The second kappa shape index (κ2) is 5.31. The average molecular weight is 338 g/mol. The Hall–Kier alpha value is -0.780. The Balaban J connectivity index is 1.90. The Morgan fingerprint density at radius 3 is 2.89 bits per heavy atom. The van der Waals surface area contributed by atoms with E-state index in [1.54, 1.807) is 0 Å². The Morgan fingerprint density at radius 2 is 2.26 bits per heavy atom. The molecular weight excluding hydrogens is 322 g/mol. The van der Waals surface area contributed by atoms with Gasteiger partial charge in [0, 0.05) is 17.2 Å². The number of aryl methyl sites for hydroxylation is 1. The fourth-order valence-electron chi connectivity index (χ4n) is 2.66. The molecule has 2 heterocycles. The third-order valence-electron chi connectivity index (χ3n) is 3.59. The van der Waals surface area contributed by atoms with Crippen molar-refractivity contribution in [3.05, 3.63) is 46.2 Å². The molecule has 0 saturated heterocycles. The summed E-state index contributed by atoms with van der Waals surface area (Å²) in [6.45, 7) is 0. The first kappa shape index (κ1) is 13.2. The number of halogens is 1. The van der Waals surface area contributed by atoms with Crippen LogP contribution in [0.4, 0.5) is 0 Å². The van der Waals surface area contributed by atoms with Crippen LogP contribution in [0, 0.1) is 0 Å². The molecule has 19 heavy (non-hydrogen) atoms. The summed E-state index contributed by atoms with van der Waals surface area (Å²) in [6, 6.07) is 8.97. The molecule has 0 saturated carbocycles. The van der Waals surface area contributed by atoms with E-state index >= 15 is 0 Å². The van der Waals surface area contributed by atoms with Crippen LogP contribution < -0.4 is 5.32 Å². The summed E-state index contributed by atoms with van der Waals surface area (Å²) < 4.78 is 3.03. The van der Waals surface area contributed by atoms with Gasteiger partial charge < -0.3 is 5.32 Å². The summed E-state index contributed by atoms with van der Waals surface area (Å²) in [5.74, 6) is 0. The zero-order valence-corrected chi connectivity index (χ0v) is 13.3. The minimum atomic E-state index is 0.291. The van der Waals surface area contributed by atoms with E-state index in [2.05, 4.69) is 50.6 Å². The number of nitrogens with zero attached hydrogens (tertiary/aromatic N) is 2. The summed E-state index contributed by atoms with van der Waals surface area (Å²) in [4.78, 5) is 1.41. The van der Waals surface area contributed by atoms with Crippen molar-refractivity contribution in [2.24, 2.45) is 7.05 Å². The van der Waals surface area contributed by atoms with Gasteiger partial charge in [0.2, 0.25) is 0 Å². The van der Waals surface area contributed by atoms with Gasteiger partial charge in [-0.25, -0.2) is 0 Å². The highest BCUT2D eigenvalue weighted by Crippen LogP contribution is 2.43. The van der Waals surface area contributed by atoms with Crippen LogP contribution in [0.2, 0.25) is 0 Å². The van der Waals surface area contributed by atoms with E-state index in [-0.39, 0.29) is 0 Å². The molecule has 1 aromatic carbocycles. The molecular formula is C14H16BrN3S. The second-order valence-electron chi connectivity index (χ2n) is 4.74. The Labute approximate surface area is 125 Å². The van der Waals surface area contributed by atoms with Crippen molar-refractivity contribution in [3.63, 3.8) is 0 Å². The summed E-state index contributed by atoms with van der Waals surface area (Å²) >= 11 is 5.57. The molecule has 2 aromatic rings. The zero-order valence-electron chi connectivity index (χ0n) is 10.9. The lowest BCUT2D eigenvalue weighted by atomic mass is 10.0. The summed E-state index contributed by atoms with van der Waals surface area (Å²) in [7, 11) is 4.02. The van der Waals surface area contributed by atoms with Gasteiger partial charge in [-0.15, -0.1) is 11.8 Å². The van der Waals surface area contributed by atoms with Crippen molar-refractivity contribution in [1.82, 2.24) is 15.1 Å².